The minimum absolute atomic E-state index is 0.0944. The van der Waals surface area contributed by atoms with Gasteiger partial charge in [0.15, 0.2) is 0 Å². The maximum absolute atomic E-state index is 9.16. The second kappa shape index (κ2) is 6.54. The molecule has 5 nitrogen and oxygen atoms in total. The third kappa shape index (κ3) is 3.05. The number of aliphatic hydroxyl groups excluding tert-OH is 1. The third-order valence-corrected chi connectivity index (χ3v) is 2.96. The lowest BCUT2D eigenvalue weighted by atomic mass is 10.3. The summed E-state index contributed by atoms with van der Waals surface area (Å²) >= 11 is 0. The van der Waals surface area contributed by atoms with E-state index < -0.39 is 0 Å². The van der Waals surface area contributed by atoms with Crippen molar-refractivity contribution in [3.63, 3.8) is 0 Å². The number of aliphatic hydroxyl groups is 1. The smallest absolute Gasteiger partial charge is 0.121 e. The van der Waals surface area contributed by atoms with Crippen LogP contribution in [0.5, 0.6) is 5.75 Å². The molecule has 0 aliphatic heterocycles. The Morgan fingerprint density at radius 1 is 1.42 bits per heavy atom. The Balaban J connectivity index is 2.37. The molecule has 1 aromatic heterocycles. The van der Waals surface area contributed by atoms with E-state index in [2.05, 4.69) is 11.9 Å². The fraction of sp³-hybridized carbons (Fsp3) is 0.500. The van der Waals surface area contributed by atoms with E-state index in [4.69, 9.17) is 15.6 Å². The van der Waals surface area contributed by atoms with Crippen molar-refractivity contribution in [1.29, 1.82) is 0 Å². The summed E-state index contributed by atoms with van der Waals surface area (Å²) in [6, 6.07) is 5.88. The number of fused-ring (bicyclic) bond motifs is 1. The van der Waals surface area contributed by atoms with Crippen molar-refractivity contribution in [3.8, 4) is 5.75 Å². The summed E-state index contributed by atoms with van der Waals surface area (Å²) in [6.07, 6.45) is 1.69. The first-order valence-electron chi connectivity index (χ1n) is 6.73. The fourth-order valence-corrected chi connectivity index (χ4v) is 2.14. The van der Waals surface area contributed by atoms with Crippen LogP contribution in [0.3, 0.4) is 0 Å². The molecule has 1 aromatic carbocycles. The average molecular weight is 263 g/mol. The first-order valence-corrected chi connectivity index (χ1v) is 6.73. The van der Waals surface area contributed by atoms with Crippen LogP contribution in [0.1, 0.15) is 19.2 Å². The molecule has 0 aliphatic carbocycles. The predicted molar refractivity (Wildman–Crippen MR) is 75.4 cm³/mol. The molecular formula is C14H21N3O2. The normalized spacial score (nSPS) is 11.1. The molecule has 0 atom stereocenters. The monoisotopic (exact) mass is 263 g/mol. The zero-order chi connectivity index (χ0) is 13.7. The highest BCUT2D eigenvalue weighted by Crippen LogP contribution is 2.22. The van der Waals surface area contributed by atoms with E-state index in [1.807, 2.05) is 22.8 Å². The van der Waals surface area contributed by atoms with Gasteiger partial charge in [-0.1, -0.05) is 6.92 Å². The van der Waals surface area contributed by atoms with Gasteiger partial charge in [-0.05, 0) is 25.1 Å². The maximum Gasteiger partial charge on any atom is 0.121 e. The first kappa shape index (κ1) is 13.8. The highest BCUT2D eigenvalue weighted by Gasteiger charge is 2.10. The molecule has 104 valence electrons. The van der Waals surface area contributed by atoms with Gasteiger partial charge in [0.1, 0.15) is 11.6 Å². The quantitative estimate of drug-likeness (QED) is 0.790. The van der Waals surface area contributed by atoms with Gasteiger partial charge in [-0.15, -0.1) is 0 Å². The number of ether oxygens (including phenoxy) is 1. The molecule has 1 heterocycles. The molecule has 0 unspecified atom stereocenters. The summed E-state index contributed by atoms with van der Waals surface area (Å²) in [5.41, 5.74) is 7.51. The lowest BCUT2D eigenvalue weighted by Crippen LogP contribution is -2.11. The highest BCUT2D eigenvalue weighted by molar-refractivity contribution is 5.77. The van der Waals surface area contributed by atoms with Crippen molar-refractivity contribution in [2.45, 2.75) is 26.3 Å². The van der Waals surface area contributed by atoms with Gasteiger partial charge < -0.3 is 20.1 Å². The molecule has 0 spiro atoms. The number of benzene rings is 1. The number of hydrogen-bond acceptors (Lipinski definition) is 4. The third-order valence-electron chi connectivity index (χ3n) is 2.96. The summed E-state index contributed by atoms with van der Waals surface area (Å²) in [6.45, 7) is 3.97. The van der Waals surface area contributed by atoms with Crippen LogP contribution >= 0.6 is 0 Å². The van der Waals surface area contributed by atoms with E-state index in [0.717, 1.165) is 29.0 Å². The second-order valence-corrected chi connectivity index (χ2v) is 4.44. The molecule has 0 amide bonds. The van der Waals surface area contributed by atoms with Gasteiger partial charge in [-0.3, -0.25) is 0 Å². The van der Waals surface area contributed by atoms with E-state index in [0.29, 0.717) is 26.1 Å². The lowest BCUT2D eigenvalue weighted by molar-refractivity contribution is 0.276. The molecule has 19 heavy (non-hydrogen) atoms. The summed E-state index contributed by atoms with van der Waals surface area (Å²) in [7, 11) is 0. The van der Waals surface area contributed by atoms with Crippen LogP contribution in [0.25, 0.3) is 11.0 Å². The molecule has 0 saturated heterocycles. The Kier molecular flexibility index (Phi) is 4.76. The number of imidazole rings is 1. The van der Waals surface area contributed by atoms with Crippen molar-refractivity contribution >= 4 is 11.0 Å². The molecule has 0 saturated carbocycles. The Morgan fingerprint density at radius 3 is 2.95 bits per heavy atom. The topological polar surface area (TPSA) is 73.3 Å². The molecule has 0 bridgehead atoms. The van der Waals surface area contributed by atoms with Gasteiger partial charge in [0.2, 0.25) is 0 Å². The fourth-order valence-electron chi connectivity index (χ4n) is 2.14. The van der Waals surface area contributed by atoms with E-state index in [1.54, 1.807) is 0 Å². The van der Waals surface area contributed by atoms with Crippen LogP contribution in [0.2, 0.25) is 0 Å². The van der Waals surface area contributed by atoms with E-state index in [1.165, 1.54) is 0 Å². The van der Waals surface area contributed by atoms with Crippen LogP contribution in [-0.2, 0) is 13.0 Å². The largest absolute Gasteiger partial charge is 0.494 e. The number of nitrogens with zero attached hydrogens (tertiary/aromatic N) is 2. The van der Waals surface area contributed by atoms with Crippen LogP contribution < -0.4 is 10.5 Å². The Hall–Kier alpha value is -1.59. The van der Waals surface area contributed by atoms with Gasteiger partial charge >= 0.3 is 0 Å². The van der Waals surface area contributed by atoms with Crippen LogP contribution in [0, 0.1) is 0 Å². The van der Waals surface area contributed by atoms with E-state index in [9.17, 15) is 0 Å². The Morgan fingerprint density at radius 2 is 2.26 bits per heavy atom. The molecule has 3 N–H and O–H groups in total. The first-order chi connectivity index (χ1) is 9.30. The summed E-state index contributed by atoms with van der Waals surface area (Å²) in [5, 5.41) is 9.16. The van der Waals surface area contributed by atoms with E-state index >= 15 is 0 Å². The maximum atomic E-state index is 9.16. The lowest BCUT2D eigenvalue weighted by Gasteiger charge is -2.07. The number of rotatable bonds is 7. The van der Waals surface area contributed by atoms with Crippen molar-refractivity contribution in [2.24, 2.45) is 5.73 Å². The zero-order valence-corrected chi connectivity index (χ0v) is 11.3. The Labute approximate surface area is 113 Å². The summed E-state index contributed by atoms with van der Waals surface area (Å²) in [5.74, 6) is 1.75. The van der Waals surface area contributed by atoms with Gasteiger partial charge in [-0.2, -0.15) is 0 Å². The van der Waals surface area contributed by atoms with Crippen molar-refractivity contribution < 1.29 is 9.84 Å². The molecule has 0 radical (unpaired) electrons. The summed E-state index contributed by atoms with van der Waals surface area (Å²) < 4.78 is 7.63. The molecule has 5 heteroatoms. The molecule has 0 aliphatic rings. The second-order valence-electron chi connectivity index (χ2n) is 4.44. The van der Waals surface area contributed by atoms with E-state index in [-0.39, 0.29) is 6.61 Å². The standard InChI is InChI=1S/C14H21N3O2/c1-2-9-19-11-3-4-13-12(10-11)16-14(5-6-15)17(13)7-8-18/h3-4,10,18H,2,5-9,15H2,1H3. The van der Waals surface area contributed by atoms with Crippen LogP contribution in [-0.4, -0.2) is 34.4 Å². The van der Waals surface area contributed by atoms with Crippen molar-refractivity contribution in [3.05, 3.63) is 24.0 Å². The minimum Gasteiger partial charge on any atom is -0.494 e. The van der Waals surface area contributed by atoms with Crippen LogP contribution in [0.4, 0.5) is 0 Å². The predicted octanol–water partition coefficient (Wildman–Crippen LogP) is 1.32. The average Bonchev–Trinajstić information content (AvgIpc) is 2.75. The van der Waals surface area contributed by atoms with Gasteiger partial charge in [-0.25, -0.2) is 4.98 Å². The Bertz CT molecular complexity index is 537. The SMILES string of the molecule is CCCOc1ccc2c(c1)nc(CCN)n2CCO. The van der Waals surface area contributed by atoms with Gasteiger partial charge in [0.05, 0.1) is 24.2 Å². The van der Waals surface area contributed by atoms with Gasteiger partial charge in [0.25, 0.3) is 0 Å². The van der Waals surface area contributed by atoms with Crippen molar-refractivity contribution in [2.75, 3.05) is 19.8 Å². The molecular weight excluding hydrogens is 242 g/mol. The minimum atomic E-state index is 0.0944. The number of hydrogen-bond donors (Lipinski definition) is 2. The number of nitrogens with two attached hydrogens (primary N) is 1. The van der Waals surface area contributed by atoms with Gasteiger partial charge in [0, 0.05) is 19.0 Å². The highest BCUT2D eigenvalue weighted by atomic mass is 16.5. The summed E-state index contributed by atoms with van der Waals surface area (Å²) in [4.78, 5) is 4.58. The number of aromatic nitrogens is 2. The van der Waals surface area contributed by atoms with Crippen LogP contribution in [0.15, 0.2) is 18.2 Å². The zero-order valence-electron chi connectivity index (χ0n) is 11.3. The molecule has 2 aromatic rings. The molecule has 2 rings (SSSR count). The molecule has 0 fully saturated rings. The van der Waals surface area contributed by atoms with Crippen molar-refractivity contribution in [1.82, 2.24) is 9.55 Å².